The molecule has 0 unspecified atom stereocenters. The fraction of sp³-hybridized carbons (Fsp3) is 0.778. The van der Waals surface area contributed by atoms with Gasteiger partial charge in [-0.25, -0.2) is 0 Å². The van der Waals surface area contributed by atoms with Crippen molar-refractivity contribution in [1.82, 2.24) is 25.2 Å². The highest BCUT2D eigenvalue weighted by Gasteiger charge is 2.07. The van der Waals surface area contributed by atoms with Crippen LogP contribution in [0.3, 0.4) is 0 Å². The Hall–Kier alpha value is -0.940. The van der Waals surface area contributed by atoms with Crippen LogP contribution in [0.5, 0.6) is 0 Å². The van der Waals surface area contributed by atoms with Crippen LogP contribution in [0.1, 0.15) is 11.4 Å². The minimum atomic E-state index is 0.862. The second kappa shape index (κ2) is 5.07. The monoisotopic (exact) mass is 197 g/mol. The number of aromatic nitrogens is 3. The van der Waals surface area contributed by atoms with Crippen LogP contribution >= 0.6 is 0 Å². The maximum Gasteiger partial charge on any atom is 0.0996 e. The molecule has 5 nitrogen and oxygen atoms in total. The molecule has 0 aromatic carbocycles. The van der Waals surface area contributed by atoms with E-state index < -0.39 is 0 Å². The van der Waals surface area contributed by atoms with E-state index in [2.05, 4.69) is 27.5 Å². The SMILES string of the molecule is CNCCN(C)Cc1nn(C)nc1C. The third-order valence-electron chi connectivity index (χ3n) is 2.14. The number of nitrogens with one attached hydrogen (secondary N) is 1. The lowest BCUT2D eigenvalue weighted by Crippen LogP contribution is -2.27. The lowest BCUT2D eigenvalue weighted by atomic mass is 10.3. The zero-order valence-corrected chi connectivity index (χ0v) is 9.41. The highest BCUT2D eigenvalue weighted by molar-refractivity contribution is 5.05. The Morgan fingerprint density at radius 2 is 2.14 bits per heavy atom. The molecule has 1 aromatic heterocycles. The number of hydrogen-bond donors (Lipinski definition) is 1. The predicted octanol–water partition coefficient (Wildman–Crippen LogP) is -0.225. The van der Waals surface area contributed by atoms with Gasteiger partial charge in [0.05, 0.1) is 11.4 Å². The molecule has 0 aliphatic rings. The Balaban J connectivity index is 2.47. The average molecular weight is 197 g/mol. The number of rotatable bonds is 5. The van der Waals surface area contributed by atoms with Crippen molar-refractivity contribution in [2.75, 3.05) is 27.2 Å². The molecular formula is C9H19N5. The lowest BCUT2D eigenvalue weighted by molar-refractivity contribution is 0.322. The van der Waals surface area contributed by atoms with Gasteiger partial charge in [-0.05, 0) is 21.0 Å². The Bertz CT molecular complexity index is 281. The van der Waals surface area contributed by atoms with Crippen LogP contribution in [-0.2, 0) is 13.6 Å². The highest BCUT2D eigenvalue weighted by Crippen LogP contribution is 2.02. The van der Waals surface area contributed by atoms with E-state index in [1.807, 2.05) is 21.0 Å². The van der Waals surface area contributed by atoms with Gasteiger partial charge < -0.3 is 5.32 Å². The zero-order chi connectivity index (χ0) is 10.6. The van der Waals surface area contributed by atoms with Crippen LogP contribution < -0.4 is 5.32 Å². The third-order valence-corrected chi connectivity index (χ3v) is 2.14. The van der Waals surface area contributed by atoms with Gasteiger partial charge in [0.25, 0.3) is 0 Å². The van der Waals surface area contributed by atoms with Gasteiger partial charge in [-0.3, -0.25) is 4.90 Å². The maximum atomic E-state index is 4.30. The molecule has 0 atom stereocenters. The Morgan fingerprint density at radius 3 is 2.64 bits per heavy atom. The van der Waals surface area contributed by atoms with Gasteiger partial charge in [0.15, 0.2) is 0 Å². The molecule has 0 bridgehead atoms. The largest absolute Gasteiger partial charge is 0.318 e. The average Bonchev–Trinajstić information content (AvgIpc) is 2.42. The van der Waals surface area contributed by atoms with E-state index in [1.54, 1.807) is 4.80 Å². The van der Waals surface area contributed by atoms with Gasteiger partial charge in [0, 0.05) is 26.7 Å². The molecule has 1 N–H and O–H groups in total. The fourth-order valence-electron chi connectivity index (χ4n) is 1.33. The first-order valence-corrected chi connectivity index (χ1v) is 4.83. The molecular weight excluding hydrogens is 178 g/mol. The Labute approximate surface area is 85.1 Å². The topological polar surface area (TPSA) is 46.0 Å². The molecule has 0 saturated heterocycles. The molecule has 0 radical (unpaired) electrons. The number of hydrogen-bond acceptors (Lipinski definition) is 4. The summed E-state index contributed by atoms with van der Waals surface area (Å²) in [7, 11) is 5.90. The summed E-state index contributed by atoms with van der Waals surface area (Å²) < 4.78 is 0. The summed E-state index contributed by atoms with van der Waals surface area (Å²) in [5, 5.41) is 11.6. The minimum Gasteiger partial charge on any atom is -0.318 e. The van der Waals surface area contributed by atoms with Crippen molar-refractivity contribution in [2.24, 2.45) is 7.05 Å². The van der Waals surface area contributed by atoms with Crippen molar-refractivity contribution < 1.29 is 0 Å². The number of nitrogens with zero attached hydrogens (tertiary/aromatic N) is 4. The summed E-state index contributed by atoms with van der Waals surface area (Å²) in [6, 6.07) is 0. The van der Waals surface area contributed by atoms with Gasteiger partial charge in [-0.15, -0.1) is 0 Å². The molecule has 1 heterocycles. The molecule has 80 valence electrons. The van der Waals surface area contributed by atoms with E-state index in [0.717, 1.165) is 31.0 Å². The summed E-state index contributed by atoms with van der Waals surface area (Å²) >= 11 is 0. The van der Waals surface area contributed by atoms with Crippen LogP contribution in [0, 0.1) is 6.92 Å². The normalized spacial score (nSPS) is 11.2. The first-order valence-electron chi connectivity index (χ1n) is 4.83. The van der Waals surface area contributed by atoms with E-state index in [0.29, 0.717) is 0 Å². The molecule has 5 heteroatoms. The smallest absolute Gasteiger partial charge is 0.0996 e. The fourth-order valence-corrected chi connectivity index (χ4v) is 1.33. The third kappa shape index (κ3) is 3.08. The minimum absolute atomic E-state index is 0.862. The summed E-state index contributed by atoms with van der Waals surface area (Å²) in [5.74, 6) is 0. The molecule has 1 aromatic rings. The zero-order valence-electron chi connectivity index (χ0n) is 9.41. The number of aryl methyl sites for hydroxylation is 2. The second-order valence-corrected chi connectivity index (χ2v) is 3.56. The van der Waals surface area contributed by atoms with Gasteiger partial charge in [-0.2, -0.15) is 15.0 Å². The van der Waals surface area contributed by atoms with Crippen molar-refractivity contribution in [3.05, 3.63) is 11.4 Å². The van der Waals surface area contributed by atoms with Crippen molar-refractivity contribution in [3.8, 4) is 0 Å². The summed E-state index contributed by atoms with van der Waals surface area (Å²) in [6.07, 6.45) is 0. The van der Waals surface area contributed by atoms with E-state index in [4.69, 9.17) is 0 Å². The van der Waals surface area contributed by atoms with Crippen LogP contribution in [0.25, 0.3) is 0 Å². The van der Waals surface area contributed by atoms with Crippen LogP contribution in [0.15, 0.2) is 0 Å². The van der Waals surface area contributed by atoms with Crippen molar-refractivity contribution in [1.29, 1.82) is 0 Å². The molecule has 0 amide bonds. The van der Waals surface area contributed by atoms with E-state index in [1.165, 1.54) is 0 Å². The first-order chi connectivity index (χ1) is 6.63. The Morgan fingerprint density at radius 1 is 1.43 bits per heavy atom. The van der Waals surface area contributed by atoms with E-state index in [-0.39, 0.29) is 0 Å². The van der Waals surface area contributed by atoms with Crippen molar-refractivity contribution in [2.45, 2.75) is 13.5 Å². The maximum absolute atomic E-state index is 4.30. The summed E-state index contributed by atoms with van der Waals surface area (Å²) in [6.45, 7) is 4.87. The second-order valence-electron chi connectivity index (χ2n) is 3.56. The van der Waals surface area contributed by atoms with Crippen LogP contribution in [0.4, 0.5) is 0 Å². The Kier molecular flexibility index (Phi) is 4.03. The molecule has 0 aliphatic carbocycles. The molecule has 0 aliphatic heterocycles. The lowest BCUT2D eigenvalue weighted by Gasteiger charge is -2.14. The van der Waals surface area contributed by atoms with E-state index >= 15 is 0 Å². The number of likely N-dealkylation sites (N-methyl/N-ethyl adjacent to an activating group) is 2. The molecule has 0 spiro atoms. The van der Waals surface area contributed by atoms with Crippen molar-refractivity contribution >= 4 is 0 Å². The standard InChI is InChI=1S/C9H19N5/c1-8-9(12-14(4)11-8)7-13(3)6-5-10-2/h10H,5-7H2,1-4H3. The summed E-state index contributed by atoms with van der Waals surface area (Å²) in [4.78, 5) is 3.85. The van der Waals surface area contributed by atoms with Gasteiger partial charge in [-0.1, -0.05) is 0 Å². The highest BCUT2D eigenvalue weighted by atomic mass is 15.5. The van der Waals surface area contributed by atoms with Gasteiger partial charge in [0.2, 0.25) is 0 Å². The molecule has 0 saturated carbocycles. The van der Waals surface area contributed by atoms with Crippen LogP contribution in [-0.4, -0.2) is 47.1 Å². The van der Waals surface area contributed by atoms with Crippen LogP contribution in [0.2, 0.25) is 0 Å². The first kappa shape index (κ1) is 11.1. The van der Waals surface area contributed by atoms with Crippen molar-refractivity contribution in [3.63, 3.8) is 0 Å². The molecule has 14 heavy (non-hydrogen) atoms. The molecule has 0 fully saturated rings. The van der Waals surface area contributed by atoms with Gasteiger partial charge >= 0.3 is 0 Å². The summed E-state index contributed by atoms with van der Waals surface area (Å²) in [5.41, 5.74) is 2.08. The quantitative estimate of drug-likeness (QED) is 0.708. The predicted molar refractivity (Wildman–Crippen MR) is 56.0 cm³/mol. The molecule has 1 rings (SSSR count). The van der Waals surface area contributed by atoms with Gasteiger partial charge in [0.1, 0.15) is 0 Å². The van der Waals surface area contributed by atoms with E-state index in [9.17, 15) is 0 Å².